The lowest BCUT2D eigenvalue weighted by Crippen LogP contribution is -2.07. The molecule has 0 spiro atoms. The Bertz CT molecular complexity index is 455. The lowest BCUT2D eigenvalue weighted by molar-refractivity contribution is -0.384. The Labute approximate surface area is 119 Å². The van der Waals surface area contributed by atoms with Gasteiger partial charge in [0.25, 0.3) is 5.69 Å². The second-order valence-corrected chi connectivity index (χ2v) is 7.00. The van der Waals surface area contributed by atoms with Gasteiger partial charge in [-0.15, -0.1) is 0 Å². The van der Waals surface area contributed by atoms with E-state index in [0.29, 0.717) is 10.8 Å². The molecule has 0 atom stereocenters. The summed E-state index contributed by atoms with van der Waals surface area (Å²) in [6, 6.07) is 5.79. The third kappa shape index (κ3) is 4.24. The Morgan fingerprint density at radius 2 is 1.79 bits per heavy atom. The lowest BCUT2D eigenvalue weighted by atomic mass is 10.0. The maximum absolute atomic E-state index is 11.9. The standard InChI is InChI=1S/C13H15NO3S2/c15-13(19-18-12-4-2-1-3-5-12)10-6-8-11(9-7-10)14(16)17/h6-9,12H,1-5H2. The number of nitro groups is 1. The Morgan fingerprint density at radius 1 is 1.16 bits per heavy atom. The van der Waals surface area contributed by atoms with Crippen LogP contribution in [0.2, 0.25) is 0 Å². The van der Waals surface area contributed by atoms with E-state index < -0.39 is 4.92 Å². The van der Waals surface area contributed by atoms with Gasteiger partial charge >= 0.3 is 0 Å². The molecule has 0 radical (unpaired) electrons. The number of hydrogen-bond acceptors (Lipinski definition) is 5. The molecule has 0 aliphatic heterocycles. The first kappa shape index (κ1) is 14.4. The third-order valence-electron chi connectivity index (χ3n) is 3.13. The van der Waals surface area contributed by atoms with Gasteiger partial charge in [0.05, 0.1) is 4.92 Å². The van der Waals surface area contributed by atoms with Crippen molar-refractivity contribution < 1.29 is 9.72 Å². The van der Waals surface area contributed by atoms with Gasteiger partial charge in [-0.2, -0.15) is 0 Å². The van der Waals surface area contributed by atoms with Gasteiger partial charge in [0.1, 0.15) is 0 Å². The fourth-order valence-corrected chi connectivity index (χ4v) is 4.56. The van der Waals surface area contributed by atoms with Crippen LogP contribution in [0.25, 0.3) is 0 Å². The van der Waals surface area contributed by atoms with Crippen molar-refractivity contribution >= 4 is 32.4 Å². The molecule has 1 aromatic rings. The van der Waals surface area contributed by atoms with E-state index in [-0.39, 0.29) is 10.8 Å². The summed E-state index contributed by atoms with van der Waals surface area (Å²) >= 11 is 0. The molecule has 1 fully saturated rings. The molecule has 1 aliphatic carbocycles. The zero-order valence-electron chi connectivity index (χ0n) is 10.4. The van der Waals surface area contributed by atoms with Crippen molar-refractivity contribution in [3.8, 4) is 0 Å². The number of nitro benzene ring substituents is 1. The Balaban J connectivity index is 1.86. The van der Waals surface area contributed by atoms with Crippen LogP contribution in [0.3, 0.4) is 0 Å². The molecular weight excluding hydrogens is 282 g/mol. The first-order chi connectivity index (χ1) is 9.16. The smallest absolute Gasteiger partial charge is 0.269 e. The van der Waals surface area contributed by atoms with Gasteiger partial charge in [-0.25, -0.2) is 0 Å². The predicted octanol–water partition coefficient (Wildman–Crippen LogP) is 4.45. The second-order valence-electron chi connectivity index (χ2n) is 4.53. The van der Waals surface area contributed by atoms with Gasteiger partial charge < -0.3 is 0 Å². The second kappa shape index (κ2) is 6.96. The van der Waals surface area contributed by atoms with Crippen LogP contribution < -0.4 is 0 Å². The average Bonchev–Trinajstić information content (AvgIpc) is 2.46. The van der Waals surface area contributed by atoms with E-state index in [1.54, 1.807) is 10.8 Å². The molecule has 0 unspecified atom stereocenters. The van der Waals surface area contributed by atoms with Crippen LogP contribution in [0.15, 0.2) is 24.3 Å². The maximum Gasteiger partial charge on any atom is 0.269 e. The molecule has 0 N–H and O–H groups in total. The molecule has 0 bridgehead atoms. The number of hydrogen-bond donors (Lipinski definition) is 0. The summed E-state index contributed by atoms with van der Waals surface area (Å²) in [6.07, 6.45) is 6.18. The fraction of sp³-hybridized carbons (Fsp3) is 0.462. The molecule has 2 rings (SSSR count). The van der Waals surface area contributed by atoms with Crippen LogP contribution in [0.5, 0.6) is 0 Å². The quantitative estimate of drug-likeness (QED) is 0.467. The van der Waals surface area contributed by atoms with Crippen molar-refractivity contribution in [1.82, 2.24) is 0 Å². The molecule has 0 aromatic heterocycles. The minimum Gasteiger partial charge on any atom is -0.281 e. The molecule has 0 amide bonds. The number of non-ortho nitro benzene ring substituents is 1. The Hall–Kier alpha value is -1.01. The summed E-state index contributed by atoms with van der Waals surface area (Å²) in [5.41, 5.74) is 0.542. The molecule has 102 valence electrons. The lowest BCUT2D eigenvalue weighted by Gasteiger charge is -2.19. The highest BCUT2D eigenvalue weighted by Crippen LogP contribution is 2.37. The normalized spacial score (nSPS) is 16.2. The predicted molar refractivity (Wildman–Crippen MR) is 79.5 cm³/mol. The van der Waals surface area contributed by atoms with Gasteiger partial charge in [0.2, 0.25) is 5.12 Å². The molecule has 1 saturated carbocycles. The van der Waals surface area contributed by atoms with Crippen molar-refractivity contribution in [3.63, 3.8) is 0 Å². The summed E-state index contributed by atoms with van der Waals surface area (Å²) in [5.74, 6) is 0. The van der Waals surface area contributed by atoms with E-state index in [0.717, 1.165) is 0 Å². The first-order valence-electron chi connectivity index (χ1n) is 6.29. The summed E-state index contributed by atoms with van der Waals surface area (Å²) in [6.45, 7) is 0. The number of benzene rings is 1. The number of carbonyl (C=O) groups excluding carboxylic acids is 1. The Morgan fingerprint density at radius 3 is 2.37 bits per heavy atom. The van der Waals surface area contributed by atoms with Crippen LogP contribution in [0, 0.1) is 10.1 Å². The average molecular weight is 297 g/mol. The molecular formula is C13H15NO3S2. The molecule has 0 heterocycles. The highest BCUT2D eigenvalue weighted by molar-refractivity contribution is 8.82. The topological polar surface area (TPSA) is 60.2 Å². The van der Waals surface area contributed by atoms with Gasteiger partial charge in [0.15, 0.2) is 0 Å². The molecule has 4 nitrogen and oxygen atoms in total. The first-order valence-corrected chi connectivity index (χ1v) is 8.50. The molecule has 0 saturated heterocycles. The van der Waals surface area contributed by atoms with E-state index >= 15 is 0 Å². The summed E-state index contributed by atoms with van der Waals surface area (Å²) in [5, 5.41) is 11.1. The van der Waals surface area contributed by atoms with E-state index in [1.807, 2.05) is 0 Å². The van der Waals surface area contributed by atoms with E-state index in [2.05, 4.69) is 0 Å². The van der Waals surface area contributed by atoms with Crippen molar-refractivity contribution in [3.05, 3.63) is 39.9 Å². The van der Waals surface area contributed by atoms with E-state index in [9.17, 15) is 14.9 Å². The summed E-state index contributed by atoms with van der Waals surface area (Å²) in [7, 11) is 2.90. The highest BCUT2D eigenvalue weighted by Gasteiger charge is 2.17. The maximum atomic E-state index is 11.9. The third-order valence-corrected chi connectivity index (χ3v) is 5.91. The SMILES string of the molecule is O=C(SSC1CCCCC1)c1ccc([N+](=O)[O-])cc1. The zero-order valence-corrected chi connectivity index (χ0v) is 12.0. The monoisotopic (exact) mass is 297 g/mol. The van der Waals surface area contributed by atoms with E-state index in [1.165, 1.54) is 67.2 Å². The van der Waals surface area contributed by atoms with Crippen LogP contribution in [0.1, 0.15) is 42.5 Å². The molecule has 1 aromatic carbocycles. The molecule has 19 heavy (non-hydrogen) atoms. The van der Waals surface area contributed by atoms with Crippen molar-refractivity contribution in [2.75, 3.05) is 0 Å². The minimum absolute atomic E-state index is 0.0153. The Kier molecular flexibility index (Phi) is 5.27. The summed E-state index contributed by atoms with van der Waals surface area (Å²) < 4.78 is 0. The van der Waals surface area contributed by atoms with Gasteiger partial charge in [0, 0.05) is 22.9 Å². The minimum atomic E-state index is -0.460. The van der Waals surface area contributed by atoms with Crippen LogP contribution in [-0.4, -0.2) is 15.3 Å². The van der Waals surface area contributed by atoms with Gasteiger partial charge in [-0.1, -0.05) is 30.1 Å². The molecule has 1 aliphatic rings. The van der Waals surface area contributed by atoms with Crippen LogP contribution >= 0.6 is 21.6 Å². The largest absolute Gasteiger partial charge is 0.281 e. The number of nitrogens with zero attached hydrogens (tertiary/aromatic N) is 1. The van der Waals surface area contributed by atoms with Crippen molar-refractivity contribution in [1.29, 1.82) is 0 Å². The zero-order chi connectivity index (χ0) is 13.7. The van der Waals surface area contributed by atoms with E-state index in [4.69, 9.17) is 0 Å². The van der Waals surface area contributed by atoms with Crippen LogP contribution in [0.4, 0.5) is 5.69 Å². The van der Waals surface area contributed by atoms with Crippen LogP contribution in [-0.2, 0) is 0 Å². The van der Waals surface area contributed by atoms with Gasteiger partial charge in [-0.3, -0.25) is 14.9 Å². The number of carbonyl (C=O) groups is 1. The van der Waals surface area contributed by atoms with Gasteiger partial charge in [-0.05, 0) is 35.8 Å². The fourth-order valence-electron chi connectivity index (χ4n) is 2.04. The number of rotatable bonds is 4. The highest BCUT2D eigenvalue weighted by atomic mass is 33.1. The van der Waals surface area contributed by atoms with Crippen molar-refractivity contribution in [2.24, 2.45) is 0 Å². The molecule has 6 heteroatoms. The van der Waals surface area contributed by atoms with Crippen molar-refractivity contribution in [2.45, 2.75) is 37.4 Å². The summed E-state index contributed by atoms with van der Waals surface area (Å²) in [4.78, 5) is 22.0.